The van der Waals surface area contributed by atoms with Crippen LogP contribution in [-0.2, 0) is 40.9 Å². The van der Waals surface area contributed by atoms with Crippen LogP contribution in [0.1, 0.15) is 43.2 Å². The summed E-state index contributed by atoms with van der Waals surface area (Å²) in [6.45, 7) is 4.90. The number of aliphatic hydroxyl groups excluding tert-OH is 1. The molecule has 1 aromatic heterocycles. The van der Waals surface area contributed by atoms with Gasteiger partial charge in [0.15, 0.2) is 6.04 Å². The van der Waals surface area contributed by atoms with Crippen molar-refractivity contribution < 1.29 is 33.0 Å². The summed E-state index contributed by atoms with van der Waals surface area (Å²) in [7, 11) is -2.53. The number of aromatic nitrogens is 3. The van der Waals surface area contributed by atoms with E-state index in [-0.39, 0.29) is 25.6 Å². The van der Waals surface area contributed by atoms with Crippen LogP contribution in [0.2, 0.25) is 0 Å². The third kappa shape index (κ3) is 7.91. The molecule has 2 heterocycles. The number of hydrogen-bond donors (Lipinski definition) is 3. The van der Waals surface area contributed by atoms with Gasteiger partial charge in [-0.05, 0) is 37.5 Å². The second-order valence-corrected chi connectivity index (χ2v) is 9.61. The molecule has 0 saturated carbocycles. The Kier molecular flexibility index (Phi) is 9.89. The lowest BCUT2D eigenvalue weighted by Crippen LogP contribution is -2.29. The lowest BCUT2D eigenvalue weighted by molar-refractivity contribution is -0.149. The zero-order chi connectivity index (χ0) is 27.1. The molecule has 0 bridgehead atoms. The Hall–Kier alpha value is -3.16. The number of carbonyl (C=O) groups is 1. The number of hydrogen-bond acceptors (Lipinski definition) is 13. The molecule has 6 unspecified atom stereocenters. The molecule has 0 aliphatic carbocycles. The van der Waals surface area contributed by atoms with Crippen molar-refractivity contribution in [2.45, 2.75) is 70.8 Å². The van der Waals surface area contributed by atoms with E-state index in [1.807, 2.05) is 25.1 Å². The lowest BCUT2D eigenvalue weighted by atomic mass is 10.0. The van der Waals surface area contributed by atoms with Gasteiger partial charge in [-0.25, -0.2) is 20.1 Å². The summed E-state index contributed by atoms with van der Waals surface area (Å²) < 4.78 is 35.0. The smallest absolute Gasteiger partial charge is 0.461 e. The van der Waals surface area contributed by atoms with Gasteiger partial charge in [-0.2, -0.15) is 10.1 Å². The third-order valence-electron chi connectivity index (χ3n) is 5.72. The Morgan fingerprint density at radius 2 is 2.16 bits per heavy atom. The predicted molar refractivity (Wildman–Crippen MR) is 129 cm³/mol. The predicted octanol–water partition coefficient (Wildman–Crippen LogP) is 1.96. The van der Waals surface area contributed by atoms with Crippen LogP contribution in [0.4, 0.5) is 5.95 Å². The molecule has 0 spiro atoms. The molecule has 1 saturated heterocycles. The van der Waals surface area contributed by atoms with Gasteiger partial charge in [-0.15, -0.1) is 9.05 Å². The van der Waals surface area contributed by atoms with E-state index in [9.17, 15) is 19.3 Å². The van der Waals surface area contributed by atoms with E-state index in [1.165, 1.54) is 13.3 Å². The Morgan fingerprint density at radius 3 is 2.86 bits per heavy atom. The Morgan fingerprint density at radius 1 is 1.41 bits per heavy atom. The van der Waals surface area contributed by atoms with Crippen molar-refractivity contribution >= 4 is 20.2 Å². The number of aliphatic hydroxyl groups is 1. The average molecular weight is 537 g/mol. The minimum Gasteiger partial charge on any atom is -0.461 e. The number of benzene rings is 1. The first-order valence-electron chi connectivity index (χ1n) is 11.5. The summed E-state index contributed by atoms with van der Waals surface area (Å²) in [6, 6.07) is 4.79. The van der Waals surface area contributed by atoms with Crippen LogP contribution in [0.15, 0.2) is 34.4 Å². The molecule has 15 heteroatoms. The number of nitrogens with one attached hydrogen (secondary N) is 1. The van der Waals surface area contributed by atoms with Crippen molar-refractivity contribution in [1.82, 2.24) is 14.5 Å². The molecule has 1 aliphatic heterocycles. The van der Waals surface area contributed by atoms with Crippen LogP contribution >= 0.6 is 8.25 Å². The van der Waals surface area contributed by atoms with Gasteiger partial charge >= 0.3 is 19.9 Å². The van der Waals surface area contributed by atoms with Gasteiger partial charge in [0.25, 0.3) is 0 Å². The van der Waals surface area contributed by atoms with Crippen LogP contribution in [0.5, 0.6) is 0 Å². The normalized spacial score (nSPS) is 21.3. The fraction of sp³-hybridized carbons (Fsp3) is 0.545. The van der Waals surface area contributed by atoms with E-state index >= 15 is 0 Å². The number of nitrogens with two attached hydrogens (primary N) is 1. The summed E-state index contributed by atoms with van der Waals surface area (Å²) >= 11 is 0. The topological polar surface area (TPSA) is 201 Å². The maximum atomic E-state index is 12.3. The number of aryl methyl sites for hydroxylation is 1. The highest BCUT2D eigenvalue weighted by atomic mass is 31.1. The molecule has 0 radical (unpaired) electrons. The van der Waals surface area contributed by atoms with Crippen LogP contribution in [0.3, 0.4) is 0 Å². The molecule has 2 aromatic rings. The van der Waals surface area contributed by atoms with E-state index in [4.69, 9.17) is 29.8 Å². The van der Waals surface area contributed by atoms with Crippen LogP contribution in [0.25, 0.3) is 0 Å². The number of anilines is 1. The molecular formula is C22H30N6O8P+. The van der Waals surface area contributed by atoms with Crippen molar-refractivity contribution in [1.29, 1.82) is 5.53 Å². The monoisotopic (exact) mass is 537 g/mol. The highest BCUT2D eigenvalue weighted by molar-refractivity contribution is 7.33. The summed E-state index contributed by atoms with van der Waals surface area (Å²) in [6.07, 6.45) is -1.33. The molecule has 3 rings (SSSR count). The first-order valence-corrected chi connectivity index (χ1v) is 12.6. The number of nitrogens with zero attached hydrogens (tertiary/aromatic N) is 4. The quantitative estimate of drug-likeness (QED) is 0.203. The maximum absolute atomic E-state index is 12.3. The van der Waals surface area contributed by atoms with Crippen molar-refractivity contribution in [2.24, 2.45) is 5.11 Å². The molecule has 4 N–H and O–H groups in total. The van der Waals surface area contributed by atoms with E-state index < -0.39 is 50.5 Å². The van der Waals surface area contributed by atoms with Crippen molar-refractivity contribution in [3.63, 3.8) is 0 Å². The first kappa shape index (κ1) is 28.4. The fourth-order valence-electron chi connectivity index (χ4n) is 3.61. The fourth-order valence-corrected chi connectivity index (χ4v) is 4.20. The van der Waals surface area contributed by atoms with E-state index in [0.29, 0.717) is 6.42 Å². The summed E-state index contributed by atoms with van der Waals surface area (Å²) in [5.74, 6) is -0.734. The number of esters is 1. The van der Waals surface area contributed by atoms with Crippen molar-refractivity contribution in [2.75, 3.05) is 12.3 Å². The molecule has 200 valence electrons. The van der Waals surface area contributed by atoms with E-state index in [0.717, 1.165) is 21.3 Å². The molecule has 1 aliphatic rings. The Bertz CT molecular complexity index is 1190. The van der Waals surface area contributed by atoms with Gasteiger partial charge in [0.05, 0.1) is 6.10 Å². The number of ether oxygens (including phenoxy) is 2. The third-order valence-corrected chi connectivity index (χ3v) is 6.42. The van der Waals surface area contributed by atoms with E-state index in [1.54, 1.807) is 6.92 Å². The van der Waals surface area contributed by atoms with Crippen molar-refractivity contribution in [3.8, 4) is 0 Å². The number of carbonyl (C=O) groups excluding carboxylic acids is 1. The van der Waals surface area contributed by atoms with E-state index in [2.05, 4.69) is 15.1 Å². The van der Waals surface area contributed by atoms with Crippen molar-refractivity contribution in [3.05, 3.63) is 51.7 Å². The molecule has 0 amide bonds. The second kappa shape index (κ2) is 12.9. The maximum Gasteiger partial charge on any atom is 0.697 e. The number of rotatable bonds is 12. The first-order chi connectivity index (χ1) is 17.6. The van der Waals surface area contributed by atoms with Gasteiger partial charge in [0.2, 0.25) is 5.95 Å². The van der Waals surface area contributed by atoms with Gasteiger partial charge in [0.1, 0.15) is 38.0 Å². The standard InChI is InChI=1S/C22H29N6O8P/c1-12-4-5-15(6-13(2)35-20(30)14(3)27-24)7-16(12)9-33-37(32)34-10-18-17(29)8-19(36-18)28-11-25-21(23)26-22(28)31/h4-5,7,11,13-14,17-19,24,29H,6,8-10H2,1-3H3,(H-,23,26,31)/p+1. The van der Waals surface area contributed by atoms with Gasteiger partial charge in [0, 0.05) is 17.4 Å². The summed E-state index contributed by atoms with van der Waals surface area (Å²) in [4.78, 5) is 31.1. The zero-order valence-corrected chi connectivity index (χ0v) is 21.5. The minimum absolute atomic E-state index is 0.00662. The average Bonchev–Trinajstić information content (AvgIpc) is 3.22. The highest BCUT2D eigenvalue weighted by Crippen LogP contribution is 2.32. The van der Waals surface area contributed by atoms with Crippen LogP contribution in [0, 0.1) is 12.5 Å². The summed E-state index contributed by atoms with van der Waals surface area (Å²) in [5.41, 5.74) is 14.2. The molecule has 14 nitrogen and oxygen atoms in total. The molecule has 1 aromatic carbocycles. The zero-order valence-electron chi connectivity index (χ0n) is 20.6. The second-order valence-electron chi connectivity index (χ2n) is 8.65. The van der Waals surface area contributed by atoms with Crippen LogP contribution < -0.4 is 11.4 Å². The number of nitrogen functional groups attached to an aromatic ring is 1. The summed E-state index contributed by atoms with van der Waals surface area (Å²) in [5, 5.41) is 13.4. The molecule has 6 atom stereocenters. The highest BCUT2D eigenvalue weighted by Gasteiger charge is 2.38. The Balaban J connectivity index is 1.48. The SMILES string of the molecule is Cc1ccc(CC(C)OC(=O)C(C)N=N)cc1CO[P+](=O)OCC1OC(n2cnc(N)nc2=O)CC1O. The Labute approximate surface area is 213 Å². The molecule has 1 fully saturated rings. The molecular weight excluding hydrogens is 507 g/mol. The van der Waals surface area contributed by atoms with Gasteiger partial charge in [-0.3, -0.25) is 4.57 Å². The van der Waals surface area contributed by atoms with Gasteiger partial charge < -0.3 is 20.3 Å². The minimum atomic E-state index is -2.53. The lowest BCUT2D eigenvalue weighted by Gasteiger charge is -2.15. The largest absolute Gasteiger partial charge is 0.697 e. The van der Waals surface area contributed by atoms with Gasteiger partial charge in [-0.1, -0.05) is 18.2 Å². The molecule has 37 heavy (non-hydrogen) atoms. The van der Waals surface area contributed by atoms with Crippen LogP contribution in [-0.4, -0.2) is 56.6 Å².